The predicted octanol–water partition coefficient (Wildman–Crippen LogP) is -2.64. The molecule has 4 N–H and O–H groups in total. The molecule has 16 heavy (non-hydrogen) atoms. The van der Waals surface area contributed by atoms with Crippen molar-refractivity contribution >= 4 is 12.3 Å². The molecule has 0 unspecified atom stereocenters. The Balaban J connectivity index is 4.51. The molecule has 0 aromatic heterocycles. The molecule has 0 amide bonds. The number of carbonyl (C=O) groups excluding carboxylic acids is 2. The van der Waals surface area contributed by atoms with Crippen LogP contribution in [0.2, 0.25) is 0 Å². The van der Waals surface area contributed by atoms with Crippen LogP contribution in [-0.4, -0.2) is 63.7 Å². The van der Waals surface area contributed by atoms with E-state index in [1.807, 2.05) is 0 Å². The molecule has 0 bridgehead atoms. The molecule has 0 rings (SSSR count). The van der Waals surface area contributed by atoms with E-state index in [0.29, 0.717) is 0 Å². The highest BCUT2D eigenvalue weighted by Gasteiger charge is 2.33. The van der Waals surface area contributed by atoms with Crippen LogP contribution >= 0.6 is 0 Å². The van der Waals surface area contributed by atoms with E-state index in [9.17, 15) is 19.8 Å². The molecule has 4 atom stereocenters. The zero-order valence-corrected chi connectivity index (χ0v) is 8.39. The minimum atomic E-state index is -1.83. The lowest BCUT2D eigenvalue weighted by molar-refractivity contribution is -0.163. The fraction of sp³-hybridized carbons (Fsp3) is 0.556. The fourth-order valence-corrected chi connectivity index (χ4v) is 0.890. The Kier molecular flexibility index (Phi) is 6.50. The van der Waals surface area contributed by atoms with Crippen LogP contribution < -0.4 is 0 Å². The first-order valence-electron chi connectivity index (χ1n) is 4.41. The number of rotatable bonds is 7. The summed E-state index contributed by atoms with van der Waals surface area (Å²) in [6.45, 7) is 2.27. The van der Waals surface area contributed by atoms with Gasteiger partial charge in [-0.25, -0.2) is 4.79 Å². The van der Waals surface area contributed by atoms with E-state index in [4.69, 9.17) is 10.2 Å². The predicted molar refractivity (Wildman–Crippen MR) is 51.2 cm³/mol. The van der Waals surface area contributed by atoms with Crippen molar-refractivity contribution in [3.8, 4) is 0 Å². The van der Waals surface area contributed by atoms with Gasteiger partial charge in [-0.05, 0) is 0 Å². The molecule has 0 aliphatic rings. The van der Waals surface area contributed by atoms with Crippen LogP contribution in [-0.2, 0) is 14.3 Å². The Morgan fingerprint density at radius 2 is 1.88 bits per heavy atom. The Labute approximate surface area is 91.6 Å². The maximum atomic E-state index is 10.7. The summed E-state index contributed by atoms with van der Waals surface area (Å²) in [7, 11) is 0. The van der Waals surface area contributed by atoms with Crippen LogP contribution in [0.25, 0.3) is 0 Å². The molecule has 0 saturated carbocycles. The van der Waals surface area contributed by atoms with Gasteiger partial charge in [0.05, 0.1) is 6.61 Å². The largest absolute Gasteiger partial charge is 0.449 e. The van der Waals surface area contributed by atoms with Crippen LogP contribution in [0, 0.1) is 0 Å². The molecule has 0 aromatic carbocycles. The van der Waals surface area contributed by atoms with Crippen molar-refractivity contribution in [2.24, 2.45) is 0 Å². The number of aldehydes is 1. The van der Waals surface area contributed by atoms with Gasteiger partial charge in [-0.15, -0.1) is 0 Å². The SMILES string of the molecule is C=CC(=O)O[C@@H](C=O)[C@@H](O)[C@H](O)[C@H](O)CO. The van der Waals surface area contributed by atoms with Crippen LogP contribution in [0.4, 0.5) is 0 Å². The smallest absolute Gasteiger partial charge is 0.330 e. The lowest BCUT2D eigenvalue weighted by Gasteiger charge is -2.25. The first kappa shape index (κ1) is 14.7. The highest BCUT2D eigenvalue weighted by atomic mass is 16.6. The molecule has 0 heterocycles. The fourth-order valence-electron chi connectivity index (χ4n) is 0.890. The third-order valence-corrected chi connectivity index (χ3v) is 1.82. The summed E-state index contributed by atoms with van der Waals surface area (Å²) in [4.78, 5) is 21.2. The van der Waals surface area contributed by atoms with Gasteiger partial charge < -0.3 is 25.2 Å². The first-order chi connectivity index (χ1) is 7.47. The molecule has 0 fully saturated rings. The zero-order valence-electron chi connectivity index (χ0n) is 8.39. The quantitative estimate of drug-likeness (QED) is 0.215. The minimum absolute atomic E-state index is 0.0966. The van der Waals surface area contributed by atoms with Crippen molar-refractivity contribution < 1.29 is 34.8 Å². The number of ether oxygens (including phenoxy) is 1. The third kappa shape index (κ3) is 4.07. The Morgan fingerprint density at radius 3 is 2.25 bits per heavy atom. The molecule has 7 nitrogen and oxygen atoms in total. The Hall–Kier alpha value is -1.28. The summed E-state index contributed by atoms with van der Waals surface area (Å²) in [6.07, 6.45) is -6.04. The summed E-state index contributed by atoms with van der Waals surface area (Å²) in [5.41, 5.74) is 0. The number of aliphatic hydroxyl groups excluding tert-OH is 4. The molecule has 0 spiro atoms. The second-order valence-corrected chi connectivity index (χ2v) is 2.97. The second-order valence-electron chi connectivity index (χ2n) is 2.97. The maximum absolute atomic E-state index is 10.7. The topological polar surface area (TPSA) is 124 Å². The van der Waals surface area contributed by atoms with E-state index in [-0.39, 0.29) is 6.29 Å². The average molecular weight is 234 g/mol. The van der Waals surface area contributed by atoms with E-state index in [1.165, 1.54) is 0 Å². The van der Waals surface area contributed by atoms with E-state index < -0.39 is 37.0 Å². The van der Waals surface area contributed by atoms with Crippen LogP contribution in [0.3, 0.4) is 0 Å². The van der Waals surface area contributed by atoms with Crippen molar-refractivity contribution in [3.63, 3.8) is 0 Å². The molecule has 0 radical (unpaired) electrons. The third-order valence-electron chi connectivity index (χ3n) is 1.82. The molecule has 0 aliphatic heterocycles. The van der Waals surface area contributed by atoms with Crippen molar-refractivity contribution in [3.05, 3.63) is 12.7 Å². The normalized spacial score (nSPS) is 18.0. The number of hydrogen-bond acceptors (Lipinski definition) is 7. The van der Waals surface area contributed by atoms with E-state index in [1.54, 1.807) is 0 Å². The van der Waals surface area contributed by atoms with Gasteiger partial charge in [0.15, 0.2) is 12.4 Å². The average Bonchev–Trinajstić information content (AvgIpc) is 2.32. The van der Waals surface area contributed by atoms with Gasteiger partial charge in [0, 0.05) is 6.08 Å². The standard InChI is InChI=1S/C9H14O7/c1-2-7(13)16-6(4-11)9(15)8(14)5(12)3-10/h2,4-6,8-10,12,14-15H,1,3H2/t5-,6+,8-,9-/m1/s1. The molecule has 0 aromatic rings. The van der Waals surface area contributed by atoms with Gasteiger partial charge in [0.2, 0.25) is 0 Å². The summed E-state index contributed by atoms with van der Waals surface area (Å²) in [6, 6.07) is 0. The summed E-state index contributed by atoms with van der Waals surface area (Å²) in [5.74, 6) is -0.957. The van der Waals surface area contributed by atoms with Crippen molar-refractivity contribution in [1.29, 1.82) is 0 Å². The number of aliphatic hydroxyl groups is 4. The molecular weight excluding hydrogens is 220 g/mol. The zero-order chi connectivity index (χ0) is 12.7. The number of carbonyl (C=O) groups is 2. The van der Waals surface area contributed by atoms with Crippen LogP contribution in [0.5, 0.6) is 0 Å². The van der Waals surface area contributed by atoms with E-state index in [0.717, 1.165) is 6.08 Å². The van der Waals surface area contributed by atoms with Crippen molar-refractivity contribution in [2.45, 2.75) is 24.4 Å². The summed E-state index contributed by atoms with van der Waals surface area (Å²) in [5, 5.41) is 36.1. The number of hydrogen-bond donors (Lipinski definition) is 4. The minimum Gasteiger partial charge on any atom is -0.449 e. The van der Waals surface area contributed by atoms with Crippen molar-refractivity contribution in [1.82, 2.24) is 0 Å². The highest BCUT2D eigenvalue weighted by Crippen LogP contribution is 2.07. The number of esters is 1. The molecule has 7 heteroatoms. The van der Waals surface area contributed by atoms with Crippen molar-refractivity contribution in [2.75, 3.05) is 6.61 Å². The van der Waals surface area contributed by atoms with Crippen LogP contribution in [0.1, 0.15) is 0 Å². The maximum Gasteiger partial charge on any atom is 0.330 e. The Bertz CT molecular complexity index is 252. The molecule has 0 saturated heterocycles. The van der Waals surface area contributed by atoms with Gasteiger partial charge in [0.25, 0.3) is 0 Å². The Morgan fingerprint density at radius 1 is 1.31 bits per heavy atom. The lowest BCUT2D eigenvalue weighted by Crippen LogP contribution is -2.47. The monoisotopic (exact) mass is 234 g/mol. The van der Waals surface area contributed by atoms with Gasteiger partial charge in [-0.3, -0.25) is 4.79 Å². The summed E-state index contributed by atoms with van der Waals surface area (Å²) < 4.78 is 4.40. The van der Waals surface area contributed by atoms with Gasteiger partial charge >= 0.3 is 5.97 Å². The van der Waals surface area contributed by atoms with Gasteiger partial charge in [0.1, 0.15) is 18.3 Å². The molecule has 92 valence electrons. The summed E-state index contributed by atoms with van der Waals surface area (Å²) >= 11 is 0. The van der Waals surface area contributed by atoms with E-state index in [2.05, 4.69) is 11.3 Å². The second kappa shape index (κ2) is 7.07. The lowest BCUT2D eigenvalue weighted by atomic mass is 10.0. The van der Waals surface area contributed by atoms with Crippen LogP contribution in [0.15, 0.2) is 12.7 Å². The highest BCUT2D eigenvalue weighted by molar-refractivity contribution is 5.82. The molecular formula is C9H14O7. The van der Waals surface area contributed by atoms with Gasteiger partial charge in [-0.1, -0.05) is 6.58 Å². The van der Waals surface area contributed by atoms with E-state index >= 15 is 0 Å². The molecule has 0 aliphatic carbocycles. The first-order valence-corrected chi connectivity index (χ1v) is 4.41. The van der Waals surface area contributed by atoms with Gasteiger partial charge in [-0.2, -0.15) is 0 Å².